The number of rotatable bonds is 40. The molecule has 0 spiro atoms. The summed E-state index contributed by atoms with van der Waals surface area (Å²) in [7, 11) is 0. The van der Waals surface area contributed by atoms with Gasteiger partial charge in [-0.2, -0.15) is 0 Å². The van der Waals surface area contributed by atoms with E-state index in [-0.39, 0.29) is 18.0 Å². The summed E-state index contributed by atoms with van der Waals surface area (Å²) in [4.78, 5) is 36.3. The summed E-state index contributed by atoms with van der Waals surface area (Å²) in [6.45, 7) is 4.96. The summed E-state index contributed by atoms with van der Waals surface area (Å²) in [5, 5.41) is 11.9. The molecule has 0 fully saturated rings. The summed E-state index contributed by atoms with van der Waals surface area (Å²) in [5.41, 5.74) is 5.48. The van der Waals surface area contributed by atoms with Crippen molar-refractivity contribution in [1.29, 1.82) is 0 Å². The molecule has 50 heavy (non-hydrogen) atoms. The van der Waals surface area contributed by atoms with Crippen molar-refractivity contribution in [1.82, 2.24) is 5.32 Å². The van der Waals surface area contributed by atoms with E-state index in [0.717, 1.165) is 64.2 Å². The number of aliphatic carboxylic acids is 1. The predicted octanol–water partition coefficient (Wildman–Crippen LogP) is 12.1. The molecule has 7 nitrogen and oxygen atoms in total. The lowest BCUT2D eigenvalue weighted by Gasteiger charge is -2.18. The normalized spacial score (nSPS) is 12.5. The smallest absolute Gasteiger partial charge is 0.326 e. The van der Waals surface area contributed by atoms with Gasteiger partial charge in [0.25, 0.3) is 0 Å². The minimum Gasteiger partial charge on any atom is -0.480 e. The summed E-state index contributed by atoms with van der Waals surface area (Å²) < 4.78 is 6.04. The largest absolute Gasteiger partial charge is 0.480 e. The number of esters is 1. The van der Waals surface area contributed by atoms with E-state index >= 15 is 0 Å². The van der Waals surface area contributed by atoms with E-state index in [1.54, 1.807) is 0 Å². The number of nitrogens with one attached hydrogen (secondary N) is 1. The molecule has 0 aromatic rings. The first-order valence-electron chi connectivity index (χ1n) is 21.9. The van der Waals surface area contributed by atoms with Crippen molar-refractivity contribution >= 4 is 17.8 Å². The van der Waals surface area contributed by atoms with Crippen LogP contribution < -0.4 is 11.1 Å². The van der Waals surface area contributed by atoms with Gasteiger partial charge in [0.15, 0.2) is 0 Å². The van der Waals surface area contributed by atoms with Crippen LogP contribution in [0.3, 0.4) is 0 Å². The zero-order valence-electron chi connectivity index (χ0n) is 33.3. The second-order valence-corrected chi connectivity index (χ2v) is 15.1. The van der Waals surface area contributed by atoms with E-state index < -0.39 is 12.0 Å². The SMILES string of the molecule is CCCCCCCCCCCCCCCCC(=O)OC(CCCCCCCCCCCC)CCCCCCCC(=O)NC(CCCN)C(=O)O. The predicted molar refractivity (Wildman–Crippen MR) is 211 cm³/mol. The van der Waals surface area contributed by atoms with E-state index in [1.165, 1.54) is 135 Å². The Bertz CT molecular complexity index is 762. The molecule has 0 radical (unpaired) electrons. The average Bonchev–Trinajstić information content (AvgIpc) is 3.10. The molecule has 0 saturated carbocycles. The van der Waals surface area contributed by atoms with Crippen molar-refractivity contribution in [2.24, 2.45) is 5.73 Å². The average molecular weight is 709 g/mol. The van der Waals surface area contributed by atoms with Gasteiger partial charge >= 0.3 is 11.9 Å². The molecule has 4 N–H and O–H groups in total. The second-order valence-electron chi connectivity index (χ2n) is 15.1. The molecule has 0 aromatic carbocycles. The number of hydrogen-bond acceptors (Lipinski definition) is 5. The summed E-state index contributed by atoms with van der Waals surface area (Å²) in [5.74, 6) is -1.21. The summed E-state index contributed by atoms with van der Waals surface area (Å²) >= 11 is 0. The fourth-order valence-electron chi connectivity index (χ4n) is 6.86. The highest BCUT2D eigenvalue weighted by Crippen LogP contribution is 2.19. The maximum atomic E-state index is 12.8. The Kier molecular flexibility index (Phi) is 37.3. The van der Waals surface area contributed by atoms with Crippen molar-refractivity contribution in [3.8, 4) is 0 Å². The van der Waals surface area contributed by atoms with Gasteiger partial charge in [-0.05, 0) is 57.9 Å². The molecule has 7 heteroatoms. The number of carbonyl (C=O) groups excluding carboxylic acids is 2. The lowest BCUT2D eigenvalue weighted by Crippen LogP contribution is -2.40. The zero-order valence-corrected chi connectivity index (χ0v) is 33.3. The summed E-state index contributed by atoms with van der Waals surface area (Å²) in [6.07, 6.45) is 40.0. The Labute approximate surface area is 309 Å². The van der Waals surface area contributed by atoms with E-state index in [1.807, 2.05) is 0 Å². The second kappa shape index (κ2) is 38.6. The van der Waals surface area contributed by atoms with E-state index in [2.05, 4.69) is 19.2 Å². The number of unbranched alkanes of at least 4 members (excludes halogenated alkanes) is 26. The highest BCUT2D eigenvalue weighted by molar-refractivity contribution is 5.83. The van der Waals surface area contributed by atoms with Crippen LogP contribution in [0.1, 0.15) is 239 Å². The molecule has 296 valence electrons. The lowest BCUT2D eigenvalue weighted by atomic mass is 10.0. The van der Waals surface area contributed by atoms with E-state index in [0.29, 0.717) is 32.2 Å². The van der Waals surface area contributed by atoms with Gasteiger partial charge in [-0.3, -0.25) is 9.59 Å². The first-order valence-corrected chi connectivity index (χ1v) is 21.9. The Hall–Kier alpha value is -1.63. The van der Waals surface area contributed by atoms with Crippen LogP contribution in [0.15, 0.2) is 0 Å². The first kappa shape index (κ1) is 48.4. The number of carbonyl (C=O) groups is 3. The molecule has 1 amide bonds. The molecule has 0 bridgehead atoms. The van der Waals surface area contributed by atoms with Crippen molar-refractivity contribution < 1.29 is 24.2 Å². The number of carboxylic acid groups (broad SMARTS) is 1. The highest BCUT2D eigenvalue weighted by Gasteiger charge is 2.19. The number of amides is 1. The van der Waals surface area contributed by atoms with Gasteiger partial charge in [-0.15, -0.1) is 0 Å². The molecule has 0 rings (SSSR count). The van der Waals surface area contributed by atoms with Crippen molar-refractivity contribution in [3.05, 3.63) is 0 Å². The monoisotopic (exact) mass is 709 g/mol. The van der Waals surface area contributed by atoms with Crippen molar-refractivity contribution in [2.45, 2.75) is 251 Å². The Morgan fingerprint density at radius 2 is 0.860 bits per heavy atom. The Morgan fingerprint density at radius 1 is 0.500 bits per heavy atom. The molecule has 0 aromatic heterocycles. The number of carboxylic acids is 1. The molecule has 0 aliphatic carbocycles. The molecule has 0 aliphatic heterocycles. The Balaban J connectivity index is 4.24. The maximum Gasteiger partial charge on any atom is 0.326 e. The Morgan fingerprint density at radius 3 is 1.24 bits per heavy atom. The van der Waals surface area contributed by atoms with Crippen LogP contribution in [0, 0.1) is 0 Å². The van der Waals surface area contributed by atoms with Crippen LogP contribution in [-0.2, 0) is 19.1 Å². The molecule has 2 unspecified atom stereocenters. The fraction of sp³-hybridized carbons (Fsp3) is 0.930. The molecular formula is C43H84N2O5. The van der Waals surface area contributed by atoms with Gasteiger partial charge in [0.05, 0.1) is 0 Å². The lowest BCUT2D eigenvalue weighted by molar-refractivity contribution is -0.150. The van der Waals surface area contributed by atoms with Gasteiger partial charge in [0.1, 0.15) is 12.1 Å². The molecular weight excluding hydrogens is 624 g/mol. The van der Waals surface area contributed by atoms with Crippen LogP contribution in [0.2, 0.25) is 0 Å². The van der Waals surface area contributed by atoms with E-state index in [4.69, 9.17) is 10.5 Å². The van der Waals surface area contributed by atoms with Gasteiger partial charge in [-0.1, -0.05) is 174 Å². The minimum absolute atomic E-state index is 0.0156. The third-order valence-corrected chi connectivity index (χ3v) is 10.2. The number of hydrogen-bond donors (Lipinski definition) is 3. The highest BCUT2D eigenvalue weighted by atomic mass is 16.5. The number of ether oxygens (including phenoxy) is 1. The molecule has 0 saturated heterocycles. The third kappa shape index (κ3) is 34.8. The van der Waals surface area contributed by atoms with Gasteiger partial charge in [0, 0.05) is 12.8 Å². The van der Waals surface area contributed by atoms with Crippen LogP contribution in [0.25, 0.3) is 0 Å². The van der Waals surface area contributed by atoms with Gasteiger partial charge < -0.3 is 20.9 Å². The maximum absolute atomic E-state index is 12.8. The van der Waals surface area contributed by atoms with Crippen LogP contribution in [-0.4, -0.2) is 41.6 Å². The standard InChI is InChI=1S/C43H84N2O5/c1-3-5-7-9-11-13-15-16-17-18-20-22-27-31-37-42(47)50-39(33-28-24-21-19-14-12-10-8-6-4-2)34-29-25-23-26-30-36-41(46)45-40(43(48)49)35-32-38-44/h39-40H,3-38,44H2,1-2H3,(H,45,46)(H,48,49). The van der Waals surface area contributed by atoms with Crippen molar-refractivity contribution in [2.75, 3.05) is 6.54 Å². The van der Waals surface area contributed by atoms with Gasteiger partial charge in [-0.25, -0.2) is 4.79 Å². The molecule has 0 aliphatic rings. The molecule has 2 atom stereocenters. The quantitative estimate of drug-likeness (QED) is 0.0430. The van der Waals surface area contributed by atoms with E-state index in [9.17, 15) is 19.5 Å². The summed E-state index contributed by atoms with van der Waals surface area (Å²) in [6, 6.07) is -0.851. The van der Waals surface area contributed by atoms with Crippen LogP contribution in [0.5, 0.6) is 0 Å². The zero-order chi connectivity index (χ0) is 36.8. The van der Waals surface area contributed by atoms with Crippen LogP contribution >= 0.6 is 0 Å². The van der Waals surface area contributed by atoms with Crippen molar-refractivity contribution in [3.63, 3.8) is 0 Å². The molecule has 0 heterocycles. The topological polar surface area (TPSA) is 119 Å². The fourth-order valence-corrected chi connectivity index (χ4v) is 6.86. The van der Waals surface area contributed by atoms with Gasteiger partial charge in [0.2, 0.25) is 5.91 Å². The van der Waals surface area contributed by atoms with Crippen LogP contribution in [0.4, 0.5) is 0 Å². The minimum atomic E-state index is -1.00. The third-order valence-electron chi connectivity index (χ3n) is 10.2. The number of nitrogens with two attached hydrogens (primary N) is 1. The first-order chi connectivity index (χ1) is 24.4.